The van der Waals surface area contributed by atoms with Crippen LogP contribution in [0.4, 0.5) is 10.1 Å². The molecule has 3 rings (SSSR count). The summed E-state index contributed by atoms with van der Waals surface area (Å²) in [6.45, 7) is 2.63. The van der Waals surface area contributed by atoms with Crippen molar-refractivity contribution in [3.05, 3.63) is 65.7 Å². The molecular formula is C18H19FN6O. The number of hydrogen-bond donors (Lipinski definition) is 2. The molecule has 7 nitrogen and oxygen atoms in total. The van der Waals surface area contributed by atoms with Gasteiger partial charge in [-0.1, -0.05) is 12.1 Å². The minimum absolute atomic E-state index is 0.102. The molecule has 0 saturated carbocycles. The number of halogens is 1. The van der Waals surface area contributed by atoms with Crippen LogP contribution in [0.25, 0.3) is 5.69 Å². The van der Waals surface area contributed by atoms with Gasteiger partial charge in [-0.3, -0.25) is 4.79 Å². The first-order valence-corrected chi connectivity index (χ1v) is 8.21. The van der Waals surface area contributed by atoms with Gasteiger partial charge in [-0.2, -0.15) is 0 Å². The third-order valence-corrected chi connectivity index (χ3v) is 3.89. The number of aryl methyl sites for hydroxylation is 1. The Morgan fingerprint density at radius 2 is 2.00 bits per heavy atom. The fraction of sp³-hybridized carbons (Fsp3) is 0.222. The molecule has 0 saturated heterocycles. The zero-order valence-corrected chi connectivity index (χ0v) is 14.3. The first kappa shape index (κ1) is 17.5. The SMILES string of the molecule is Cc1cc(NCC(=O)NCCc2ccc(F)cc2)ccc1-n1cnnn1. The van der Waals surface area contributed by atoms with Gasteiger partial charge >= 0.3 is 0 Å². The average molecular weight is 354 g/mol. The molecule has 0 aliphatic carbocycles. The summed E-state index contributed by atoms with van der Waals surface area (Å²) in [6.07, 6.45) is 2.19. The van der Waals surface area contributed by atoms with Gasteiger partial charge in [0.2, 0.25) is 5.91 Å². The summed E-state index contributed by atoms with van der Waals surface area (Å²) < 4.78 is 14.4. The number of amides is 1. The number of nitrogens with one attached hydrogen (secondary N) is 2. The van der Waals surface area contributed by atoms with Crippen molar-refractivity contribution < 1.29 is 9.18 Å². The molecule has 2 N–H and O–H groups in total. The van der Waals surface area contributed by atoms with Crippen molar-refractivity contribution in [2.45, 2.75) is 13.3 Å². The summed E-state index contributed by atoms with van der Waals surface area (Å²) in [5.74, 6) is -0.363. The second kappa shape index (κ2) is 8.19. The van der Waals surface area contributed by atoms with E-state index in [0.717, 1.165) is 22.5 Å². The van der Waals surface area contributed by atoms with Gasteiger partial charge in [0.15, 0.2) is 0 Å². The van der Waals surface area contributed by atoms with Gasteiger partial charge in [-0.15, -0.1) is 5.10 Å². The van der Waals surface area contributed by atoms with Gasteiger partial charge in [-0.05, 0) is 65.2 Å². The predicted octanol–water partition coefficient (Wildman–Crippen LogP) is 1.88. The molecule has 2 aromatic carbocycles. The van der Waals surface area contributed by atoms with E-state index in [2.05, 4.69) is 26.2 Å². The van der Waals surface area contributed by atoms with Crippen molar-refractivity contribution >= 4 is 11.6 Å². The normalized spacial score (nSPS) is 10.5. The van der Waals surface area contributed by atoms with Crippen molar-refractivity contribution in [1.82, 2.24) is 25.5 Å². The van der Waals surface area contributed by atoms with Gasteiger partial charge in [-0.25, -0.2) is 9.07 Å². The fourth-order valence-electron chi connectivity index (χ4n) is 2.54. The maximum absolute atomic E-state index is 12.8. The zero-order chi connectivity index (χ0) is 18.4. The standard InChI is InChI=1S/C18H19FN6O/c1-13-10-16(6-7-17(13)25-12-22-23-24-25)21-11-18(26)20-9-8-14-2-4-15(19)5-3-14/h2-7,10,12,21H,8-9,11H2,1H3,(H,20,26). The van der Waals surface area contributed by atoms with Crippen LogP contribution in [0.3, 0.4) is 0 Å². The van der Waals surface area contributed by atoms with E-state index >= 15 is 0 Å². The van der Waals surface area contributed by atoms with Crippen LogP contribution in [0.15, 0.2) is 48.8 Å². The summed E-state index contributed by atoms with van der Waals surface area (Å²) in [4.78, 5) is 11.9. The zero-order valence-electron chi connectivity index (χ0n) is 14.3. The third kappa shape index (κ3) is 4.62. The Balaban J connectivity index is 1.45. The largest absolute Gasteiger partial charge is 0.376 e. The summed E-state index contributed by atoms with van der Waals surface area (Å²) in [7, 11) is 0. The van der Waals surface area contributed by atoms with Gasteiger partial charge in [0.05, 0.1) is 12.2 Å². The predicted molar refractivity (Wildman–Crippen MR) is 95.5 cm³/mol. The molecule has 0 fully saturated rings. The highest BCUT2D eigenvalue weighted by Crippen LogP contribution is 2.17. The number of tetrazole rings is 1. The molecule has 0 aliphatic rings. The van der Waals surface area contributed by atoms with Gasteiger partial charge < -0.3 is 10.6 Å². The summed E-state index contributed by atoms with van der Waals surface area (Å²) in [5, 5.41) is 17.0. The monoisotopic (exact) mass is 354 g/mol. The van der Waals surface area contributed by atoms with Crippen LogP contribution in [-0.4, -0.2) is 39.2 Å². The second-order valence-electron chi connectivity index (χ2n) is 5.84. The molecule has 1 amide bonds. The van der Waals surface area contributed by atoms with E-state index in [1.807, 2.05) is 25.1 Å². The highest BCUT2D eigenvalue weighted by molar-refractivity contribution is 5.80. The Bertz CT molecular complexity index is 864. The second-order valence-corrected chi connectivity index (χ2v) is 5.84. The molecule has 8 heteroatoms. The molecule has 0 bridgehead atoms. The number of carbonyl (C=O) groups is 1. The van der Waals surface area contributed by atoms with Gasteiger partial charge in [0.1, 0.15) is 12.1 Å². The van der Waals surface area contributed by atoms with Crippen LogP contribution in [0.5, 0.6) is 0 Å². The molecule has 134 valence electrons. The topological polar surface area (TPSA) is 84.7 Å². The molecule has 1 aromatic heterocycles. The maximum atomic E-state index is 12.8. The van der Waals surface area contributed by atoms with Crippen molar-refractivity contribution in [1.29, 1.82) is 0 Å². The molecular weight excluding hydrogens is 335 g/mol. The molecule has 0 aliphatic heterocycles. The first-order chi connectivity index (χ1) is 12.6. The number of hydrogen-bond acceptors (Lipinski definition) is 5. The lowest BCUT2D eigenvalue weighted by Crippen LogP contribution is -2.31. The van der Waals surface area contributed by atoms with E-state index in [-0.39, 0.29) is 18.3 Å². The maximum Gasteiger partial charge on any atom is 0.239 e. The lowest BCUT2D eigenvalue weighted by molar-refractivity contribution is -0.119. The third-order valence-electron chi connectivity index (χ3n) is 3.89. The Kier molecular flexibility index (Phi) is 5.52. The molecule has 26 heavy (non-hydrogen) atoms. The van der Waals surface area contributed by atoms with Crippen LogP contribution in [0.1, 0.15) is 11.1 Å². The minimum Gasteiger partial charge on any atom is -0.376 e. The van der Waals surface area contributed by atoms with Crippen LogP contribution >= 0.6 is 0 Å². The smallest absolute Gasteiger partial charge is 0.239 e. The molecule has 0 radical (unpaired) electrons. The highest BCUT2D eigenvalue weighted by Gasteiger charge is 2.05. The number of nitrogens with zero attached hydrogens (tertiary/aromatic N) is 4. The molecule has 0 unspecified atom stereocenters. The molecule has 0 spiro atoms. The van der Waals surface area contributed by atoms with Crippen LogP contribution in [0, 0.1) is 12.7 Å². The van der Waals surface area contributed by atoms with Crippen molar-refractivity contribution in [2.24, 2.45) is 0 Å². The van der Waals surface area contributed by atoms with Gasteiger partial charge in [0, 0.05) is 12.2 Å². The number of anilines is 1. The van der Waals surface area contributed by atoms with Gasteiger partial charge in [0.25, 0.3) is 0 Å². The summed E-state index contributed by atoms with van der Waals surface area (Å²) in [5.41, 5.74) is 3.69. The Labute approximate surface area is 150 Å². The van der Waals surface area contributed by atoms with E-state index < -0.39 is 0 Å². The summed E-state index contributed by atoms with van der Waals surface area (Å²) >= 11 is 0. The van der Waals surface area contributed by atoms with Crippen molar-refractivity contribution in [3.63, 3.8) is 0 Å². The Morgan fingerprint density at radius 3 is 2.69 bits per heavy atom. The van der Waals surface area contributed by atoms with Crippen molar-refractivity contribution in [2.75, 3.05) is 18.4 Å². The number of aromatic nitrogens is 4. The fourth-order valence-corrected chi connectivity index (χ4v) is 2.54. The van der Waals surface area contributed by atoms with E-state index in [1.165, 1.54) is 18.5 Å². The van der Waals surface area contributed by atoms with E-state index in [9.17, 15) is 9.18 Å². The lowest BCUT2D eigenvalue weighted by atomic mass is 10.1. The van der Waals surface area contributed by atoms with E-state index in [4.69, 9.17) is 0 Å². The summed E-state index contributed by atoms with van der Waals surface area (Å²) in [6, 6.07) is 12.0. The quantitative estimate of drug-likeness (QED) is 0.677. The number of carbonyl (C=O) groups excluding carboxylic acids is 1. The number of benzene rings is 2. The van der Waals surface area contributed by atoms with E-state index in [1.54, 1.807) is 16.8 Å². The Hall–Kier alpha value is -3.29. The molecule has 0 atom stereocenters. The minimum atomic E-state index is -0.261. The van der Waals surface area contributed by atoms with Crippen LogP contribution in [0.2, 0.25) is 0 Å². The highest BCUT2D eigenvalue weighted by atomic mass is 19.1. The van der Waals surface area contributed by atoms with E-state index in [0.29, 0.717) is 13.0 Å². The van der Waals surface area contributed by atoms with Crippen LogP contribution in [-0.2, 0) is 11.2 Å². The number of rotatable bonds is 7. The molecule has 3 aromatic rings. The van der Waals surface area contributed by atoms with Crippen molar-refractivity contribution in [3.8, 4) is 5.69 Å². The Morgan fingerprint density at radius 1 is 1.19 bits per heavy atom. The average Bonchev–Trinajstić information content (AvgIpc) is 3.16. The lowest BCUT2D eigenvalue weighted by Gasteiger charge is -2.10. The first-order valence-electron chi connectivity index (χ1n) is 8.21. The van der Waals surface area contributed by atoms with Crippen LogP contribution < -0.4 is 10.6 Å². The molecule has 1 heterocycles.